The molecule has 122 valence electrons. The maximum atomic E-state index is 13.5. The molecule has 23 heavy (non-hydrogen) atoms. The van der Waals surface area contributed by atoms with Gasteiger partial charge in [0.2, 0.25) is 5.91 Å². The molecule has 1 amide bonds. The molecule has 0 atom stereocenters. The van der Waals surface area contributed by atoms with E-state index in [4.69, 9.17) is 11.6 Å². The first kappa shape index (κ1) is 17.2. The van der Waals surface area contributed by atoms with E-state index in [0.717, 1.165) is 25.1 Å². The summed E-state index contributed by atoms with van der Waals surface area (Å²) in [7, 11) is 0. The van der Waals surface area contributed by atoms with Gasteiger partial charge in [-0.2, -0.15) is 5.10 Å². The Kier molecular flexibility index (Phi) is 5.93. The van der Waals surface area contributed by atoms with Crippen LogP contribution in [0, 0.1) is 12.7 Å². The smallest absolute Gasteiger partial charge is 0.248 e. The number of rotatable bonds is 6. The van der Waals surface area contributed by atoms with E-state index in [1.165, 1.54) is 18.2 Å². The average molecular weight is 336 g/mol. The van der Waals surface area contributed by atoms with Gasteiger partial charge < -0.3 is 5.32 Å². The standard InChI is InChI=1S/C17H19ClFN3O/c1-3-4-11-22-17(18)13(12(2)21-22)9-10-16(23)20-15-8-6-5-7-14(15)19/h5-10H,3-4,11H2,1-2H3,(H,20,23)/b10-9+. The van der Waals surface area contributed by atoms with Crippen molar-refractivity contribution in [3.05, 3.63) is 52.6 Å². The lowest BCUT2D eigenvalue weighted by atomic mass is 10.2. The van der Waals surface area contributed by atoms with Crippen LogP contribution in [0.4, 0.5) is 10.1 Å². The van der Waals surface area contributed by atoms with Gasteiger partial charge in [-0.15, -0.1) is 0 Å². The van der Waals surface area contributed by atoms with Crippen LogP contribution in [0.25, 0.3) is 6.08 Å². The largest absolute Gasteiger partial charge is 0.320 e. The number of anilines is 1. The number of halogens is 2. The van der Waals surface area contributed by atoms with Gasteiger partial charge >= 0.3 is 0 Å². The highest BCUT2D eigenvalue weighted by atomic mass is 35.5. The van der Waals surface area contributed by atoms with Crippen molar-refractivity contribution in [1.29, 1.82) is 0 Å². The predicted molar refractivity (Wildman–Crippen MR) is 90.9 cm³/mol. The van der Waals surface area contributed by atoms with Crippen molar-refractivity contribution in [3.8, 4) is 0 Å². The number of nitrogens with one attached hydrogen (secondary N) is 1. The summed E-state index contributed by atoms with van der Waals surface area (Å²) in [6.07, 6.45) is 4.96. The highest BCUT2D eigenvalue weighted by Gasteiger charge is 2.11. The molecule has 0 saturated heterocycles. The van der Waals surface area contributed by atoms with Crippen LogP contribution in [0.15, 0.2) is 30.3 Å². The molecule has 2 aromatic rings. The summed E-state index contributed by atoms with van der Waals surface area (Å²) in [5.41, 5.74) is 1.59. The van der Waals surface area contributed by atoms with Gasteiger partial charge in [0.1, 0.15) is 11.0 Å². The molecule has 1 N–H and O–H groups in total. The summed E-state index contributed by atoms with van der Waals surface area (Å²) < 4.78 is 15.2. The molecule has 0 fully saturated rings. The summed E-state index contributed by atoms with van der Waals surface area (Å²) in [6, 6.07) is 6.01. The summed E-state index contributed by atoms with van der Waals surface area (Å²) in [5, 5.41) is 7.36. The van der Waals surface area contributed by atoms with E-state index in [1.807, 2.05) is 6.92 Å². The number of nitrogens with zero attached hydrogens (tertiary/aromatic N) is 2. The van der Waals surface area contributed by atoms with Gasteiger partial charge in [-0.05, 0) is 31.6 Å². The lowest BCUT2D eigenvalue weighted by molar-refractivity contribution is -0.111. The molecule has 6 heteroatoms. The third kappa shape index (κ3) is 4.42. The Hall–Kier alpha value is -2.14. The van der Waals surface area contributed by atoms with Crippen molar-refractivity contribution in [2.45, 2.75) is 33.2 Å². The van der Waals surface area contributed by atoms with Crippen molar-refractivity contribution in [2.75, 3.05) is 5.32 Å². The van der Waals surface area contributed by atoms with E-state index in [9.17, 15) is 9.18 Å². The normalized spacial score (nSPS) is 11.1. The van der Waals surface area contributed by atoms with Gasteiger partial charge in [-0.3, -0.25) is 9.48 Å². The first-order valence-electron chi connectivity index (χ1n) is 7.49. The molecule has 2 rings (SSSR count). The minimum absolute atomic E-state index is 0.142. The van der Waals surface area contributed by atoms with Gasteiger partial charge in [0.25, 0.3) is 0 Å². The van der Waals surface area contributed by atoms with Gasteiger partial charge in [-0.25, -0.2) is 4.39 Å². The summed E-state index contributed by atoms with van der Waals surface area (Å²) in [5.74, 6) is -0.900. The molecule has 0 aliphatic carbocycles. The molecule has 1 aromatic carbocycles. The molecule has 1 aromatic heterocycles. The molecule has 0 bridgehead atoms. The van der Waals surface area contributed by atoms with Crippen molar-refractivity contribution < 1.29 is 9.18 Å². The fourth-order valence-electron chi connectivity index (χ4n) is 2.11. The Bertz CT molecular complexity index is 725. The van der Waals surface area contributed by atoms with E-state index in [1.54, 1.807) is 22.9 Å². The summed E-state index contributed by atoms with van der Waals surface area (Å²) in [4.78, 5) is 11.9. The monoisotopic (exact) mass is 335 g/mol. The lowest BCUT2D eigenvalue weighted by Gasteiger charge is -2.03. The maximum absolute atomic E-state index is 13.5. The number of para-hydroxylation sites is 1. The minimum Gasteiger partial charge on any atom is -0.320 e. The number of benzene rings is 1. The van der Waals surface area contributed by atoms with E-state index in [0.29, 0.717) is 10.7 Å². The van der Waals surface area contributed by atoms with Gasteiger partial charge in [0, 0.05) is 18.2 Å². The summed E-state index contributed by atoms with van der Waals surface area (Å²) >= 11 is 6.29. The second-order valence-corrected chi connectivity index (χ2v) is 5.53. The first-order valence-corrected chi connectivity index (χ1v) is 7.87. The van der Waals surface area contributed by atoms with Gasteiger partial charge in [-0.1, -0.05) is 37.1 Å². The van der Waals surface area contributed by atoms with E-state index in [-0.39, 0.29) is 5.69 Å². The second kappa shape index (κ2) is 7.92. The van der Waals surface area contributed by atoms with E-state index >= 15 is 0 Å². The van der Waals surface area contributed by atoms with Crippen LogP contribution >= 0.6 is 11.6 Å². The fraction of sp³-hybridized carbons (Fsp3) is 0.294. The Morgan fingerprint density at radius 1 is 1.43 bits per heavy atom. The third-order valence-corrected chi connectivity index (χ3v) is 3.76. The number of hydrogen-bond acceptors (Lipinski definition) is 2. The molecule has 0 radical (unpaired) electrons. The van der Waals surface area contributed by atoms with E-state index < -0.39 is 11.7 Å². The zero-order valence-electron chi connectivity index (χ0n) is 13.1. The van der Waals surface area contributed by atoms with Crippen molar-refractivity contribution >= 4 is 29.3 Å². The van der Waals surface area contributed by atoms with Crippen LogP contribution in [0.3, 0.4) is 0 Å². The fourth-order valence-corrected chi connectivity index (χ4v) is 2.43. The van der Waals surface area contributed by atoms with Crippen molar-refractivity contribution in [2.24, 2.45) is 0 Å². The maximum Gasteiger partial charge on any atom is 0.248 e. The molecule has 0 aliphatic heterocycles. The van der Waals surface area contributed by atoms with E-state index in [2.05, 4.69) is 17.3 Å². The van der Waals surface area contributed by atoms with Crippen LogP contribution in [-0.2, 0) is 11.3 Å². The third-order valence-electron chi connectivity index (χ3n) is 3.37. The van der Waals surface area contributed by atoms with Gasteiger partial charge in [0.05, 0.1) is 11.4 Å². The molecule has 4 nitrogen and oxygen atoms in total. The lowest BCUT2D eigenvalue weighted by Crippen LogP contribution is -2.09. The van der Waals surface area contributed by atoms with Crippen LogP contribution in [-0.4, -0.2) is 15.7 Å². The Balaban J connectivity index is 2.09. The predicted octanol–water partition coefficient (Wildman–Crippen LogP) is 4.44. The average Bonchev–Trinajstić information content (AvgIpc) is 2.79. The minimum atomic E-state index is -0.476. The topological polar surface area (TPSA) is 46.9 Å². The zero-order chi connectivity index (χ0) is 16.8. The zero-order valence-corrected chi connectivity index (χ0v) is 13.9. The van der Waals surface area contributed by atoms with Crippen LogP contribution in [0.2, 0.25) is 5.15 Å². The molecule has 0 aliphatic rings. The molecule has 0 unspecified atom stereocenters. The van der Waals surface area contributed by atoms with Crippen LogP contribution in [0.5, 0.6) is 0 Å². The van der Waals surface area contributed by atoms with Crippen LogP contribution < -0.4 is 5.32 Å². The van der Waals surface area contributed by atoms with Crippen molar-refractivity contribution in [3.63, 3.8) is 0 Å². The number of carbonyl (C=O) groups is 1. The SMILES string of the molecule is CCCCn1nc(C)c(/C=C/C(=O)Nc2ccccc2F)c1Cl. The number of unbranched alkanes of at least 4 members (excludes halogenated alkanes) is 1. The quantitative estimate of drug-likeness (QED) is 0.793. The Morgan fingerprint density at radius 3 is 2.87 bits per heavy atom. The number of carbonyl (C=O) groups excluding carboxylic acids is 1. The molecule has 0 spiro atoms. The number of aryl methyl sites for hydroxylation is 2. The number of amides is 1. The molecule has 1 heterocycles. The second-order valence-electron chi connectivity index (χ2n) is 5.17. The van der Waals surface area contributed by atoms with Crippen molar-refractivity contribution in [1.82, 2.24) is 9.78 Å². The number of aromatic nitrogens is 2. The highest BCUT2D eigenvalue weighted by molar-refractivity contribution is 6.31. The molecular formula is C17H19ClFN3O. The summed E-state index contributed by atoms with van der Waals surface area (Å²) in [6.45, 7) is 4.67. The molecule has 0 saturated carbocycles. The van der Waals surface area contributed by atoms with Gasteiger partial charge in [0.15, 0.2) is 0 Å². The van der Waals surface area contributed by atoms with Crippen LogP contribution in [0.1, 0.15) is 31.0 Å². The first-order chi connectivity index (χ1) is 11.0. The Morgan fingerprint density at radius 2 is 2.17 bits per heavy atom. The highest BCUT2D eigenvalue weighted by Crippen LogP contribution is 2.22. The molecular weight excluding hydrogens is 317 g/mol. The Labute approximate surface area is 140 Å². The number of hydrogen-bond donors (Lipinski definition) is 1.